The van der Waals surface area contributed by atoms with Crippen molar-refractivity contribution in [2.24, 2.45) is 5.92 Å². The van der Waals surface area contributed by atoms with Gasteiger partial charge in [-0.15, -0.1) is 0 Å². The highest BCUT2D eigenvalue weighted by Crippen LogP contribution is 2.42. The second kappa shape index (κ2) is 26.0. The summed E-state index contributed by atoms with van der Waals surface area (Å²) in [5, 5.41) is 10.2. The third-order valence-corrected chi connectivity index (χ3v) is 18.6. The van der Waals surface area contributed by atoms with Crippen molar-refractivity contribution in [2.75, 3.05) is 35.8 Å². The van der Waals surface area contributed by atoms with Gasteiger partial charge in [-0.1, -0.05) is 208 Å². The molecule has 0 aliphatic rings. The molecule has 0 saturated carbocycles. The van der Waals surface area contributed by atoms with E-state index in [-0.39, 0.29) is 0 Å². The van der Waals surface area contributed by atoms with Gasteiger partial charge in [0.15, 0.2) is 0 Å². The molecule has 0 atom stereocenters. The number of hydrogen-bond acceptors (Lipinski definition) is 3. The number of anilines is 6. The molecular weight excluding hydrogens is 1150 g/mol. The van der Waals surface area contributed by atoms with Crippen LogP contribution < -0.4 is 14.7 Å². The average Bonchev–Trinajstić information content (AvgIpc) is 1.61. The number of nitrogens with zero attached hydrogens (tertiary/aromatic N) is 6. The topological polar surface area (TPSA) is 24.5 Å². The Morgan fingerprint density at radius 2 is 0.600 bits per heavy atom. The van der Waals surface area contributed by atoms with Gasteiger partial charge in [0, 0.05) is 117 Å². The Balaban J connectivity index is 0.000000120. The zero-order valence-corrected chi connectivity index (χ0v) is 54.3. The molecule has 95 heavy (non-hydrogen) atoms. The van der Waals surface area contributed by atoms with E-state index in [4.69, 9.17) is 0 Å². The number of benzene rings is 14. The van der Waals surface area contributed by atoms with Crippen LogP contribution >= 0.6 is 0 Å². The fourth-order valence-corrected chi connectivity index (χ4v) is 13.8. The second-order valence-electron chi connectivity index (χ2n) is 25.0. The van der Waals surface area contributed by atoms with E-state index in [9.17, 15) is 0 Å². The van der Waals surface area contributed by atoms with Gasteiger partial charge in [-0.25, -0.2) is 0 Å². The van der Waals surface area contributed by atoms with Crippen LogP contribution in [0.2, 0.25) is 0 Å². The van der Waals surface area contributed by atoms with Gasteiger partial charge in [0.25, 0.3) is 0 Å². The van der Waals surface area contributed by atoms with Crippen molar-refractivity contribution in [1.29, 1.82) is 0 Å². The zero-order chi connectivity index (χ0) is 64.4. The highest BCUT2D eigenvalue weighted by Gasteiger charge is 2.19. The van der Waals surface area contributed by atoms with Crippen LogP contribution in [-0.4, -0.2) is 34.8 Å². The molecule has 0 aliphatic heterocycles. The van der Waals surface area contributed by atoms with Crippen LogP contribution in [0.3, 0.4) is 0 Å². The monoisotopic (exact) mass is 1230 g/mol. The lowest BCUT2D eigenvalue weighted by molar-refractivity contribution is 0.545. The number of para-hydroxylation sites is 6. The van der Waals surface area contributed by atoms with Gasteiger partial charge >= 0.3 is 0 Å². The van der Waals surface area contributed by atoms with Crippen LogP contribution in [0.5, 0.6) is 0 Å². The van der Waals surface area contributed by atoms with Gasteiger partial charge in [0.1, 0.15) is 0 Å². The van der Waals surface area contributed by atoms with Crippen molar-refractivity contribution < 1.29 is 0 Å². The molecule has 6 heteroatoms. The minimum absolute atomic E-state index is 0.616. The molecule has 3 aromatic heterocycles. The molecule has 0 bridgehead atoms. The molecule has 0 unspecified atom stereocenters. The Kier molecular flexibility index (Phi) is 16.3. The van der Waals surface area contributed by atoms with Crippen molar-refractivity contribution in [3.63, 3.8) is 0 Å². The average molecular weight is 1230 g/mol. The van der Waals surface area contributed by atoms with Crippen LogP contribution in [0.1, 0.15) is 13.8 Å². The highest BCUT2D eigenvalue weighted by atomic mass is 15.1. The Hall–Kier alpha value is -11.9. The number of fused-ring (bicyclic) bond motifs is 10. The molecule has 0 saturated heterocycles. The minimum Gasteiger partial charge on any atom is -0.345 e. The number of aromatic nitrogens is 3. The largest absolute Gasteiger partial charge is 0.345 e. The van der Waals surface area contributed by atoms with Crippen molar-refractivity contribution >= 4 is 110 Å². The van der Waals surface area contributed by atoms with Crippen molar-refractivity contribution in [2.45, 2.75) is 20.4 Å². The normalized spacial score (nSPS) is 11.3. The van der Waals surface area contributed by atoms with Gasteiger partial charge in [0.2, 0.25) is 0 Å². The van der Waals surface area contributed by atoms with Gasteiger partial charge in [-0.2, -0.15) is 0 Å². The predicted octanol–water partition coefficient (Wildman–Crippen LogP) is 23.8. The summed E-state index contributed by atoms with van der Waals surface area (Å²) in [6.45, 7) is 5.59. The Bertz CT molecular complexity index is 5520. The van der Waals surface area contributed by atoms with E-state index in [1.165, 1.54) is 144 Å². The summed E-state index contributed by atoms with van der Waals surface area (Å²) in [7, 11) is 6.39. The predicted molar refractivity (Wildman–Crippen MR) is 408 cm³/mol. The van der Waals surface area contributed by atoms with Crippen molar-refractivity contribution in [1.82, 2.24) is 13.7 Å². The highest BCUT2D eigenvalue weighted by molar-refractivity contribution is 6.14. The minimum atomic E-state index is 0.616. The summed E-state index contributed by atoms with van der Waals surface area (Å²) in [5.41, 5.74) is 21.9. The van der Waals surface area contributed by atoms with Crippen molar-refractivity contribution in [3.8, 4) is 33.6 Å². The third kappa shape index (κ3) is 11.6. The lowest BCUT2D eigenvalue weighted by atomic mass is 9.97. The van der Waals surface area contributed by atoms with Crippen LogP contribution in [0, 0.1) is 5.92 Å². The van der Waals surface area contributed by atoms with Crippen LogP contribution in [0.4, 0.5) is 34.1 Å². The maximum Gasteiger partial charge on any atom is 0.0542 e. The van der Waals surface area contributed by atoms with E-state index in [0.717, 1.165) is 6.54 Å². The lowest BCUT2D eigenvalue weighted by Gasteiger charge is -2.20. The molecule has 3 heterocycles. The SMILES string of the molecule is CC(C)Cn1c2ccccc2c2cc(N(C)c3ccccc3)ccc21.CN(c1ccccc1)c1ccc2c(c1)c1cc(-c3cccc4ccccc34)ccc1n2-c1ccccc1.CN(c1ccccc1)c1ccc2c(c1)c1cc(-c3ccccc3)ccc1n2-c1ccccc1. The zero-order valence-electron chi connectivity index (χ0n) is 54.3. The fraction of sp³-hybridized carbons (Fsp3) is 0.0787. The van der Waals surface area contributed by atoms with E-state index in [0.29, 0.717) is 5.92 Å². The maximum atomic E-state index is 2.46. The molecule has 0 fully saturated rings. The summed E-state index contributed by atoms with van der Waals surface area (Å²) in [6.07, 6.45) is 0. The van der Waals surface area contributed by atoms with E-state index in [1.54, 1.807) is 0 Å². The van der Waals surface area contributed by atoms with Gasteiger partial charge < -0.3 is 28.4 Å². The summed E-state index contributed by atoms with van der Waals surface area (Å²) in [4.78, 5) is 6.74. The first kappa shape index (κ1) is 59.4. The smallest absolute Gasteiger partial charge is 0.0542 e. The Morgan fingerprint density at radius 1 is 0.253 bits per heavy atom. The molecule has 0 aliphatic carbocycles. The first-order valence-corrected chi connectivity index (χ1v) is 32.9. The first-order valence-electron chi connectivity index (χ1n) is 32.9. The maximum absolute atomic E-state index is 2.46. The molecule has 0 N–H and O–H groups in total. The number of hydrogen-bond donors (Lipinski definition) is 0. The summed E-state index contributed by atoms with van der Waals surface area (Å²) in [5.74, 6) is 0.616. The van der Waals surface area contributed by atoms with E-state index >= 15 is 0 Å². The molecule has 0 radical (unpaired) electrons. The van der Waals surface area contributed by atoms with E-state index < -0.39 is 0 Å². The Labute approximate surface area is 556 Å². The summed E-state index contributed by atoms with van der Waals surface area (Å²) in [6, 6.07) is 121. The van der Waals surface area contributed by atoms with Crippen LogP contribution in [0.15, 0.2) is 340 Å². The van der Waals surface area contributed by atoms with Crippen LogP contribution in [-0.2, 0) is 6.54 Å². The molecule has 460 valence electrons. The standard InChI is InChI=1S/C35H26N2.C31H24N2.C23H24N2/c1-36(27-13-4-2-5-14-27)29-20-22-35-33(24-29)32-23-26(31-18-10-12-25-11-8-9-17-30(25)31)19-21-34(32)37(35)28-15-6-3-7-16-28;1-32(25-13-7-3-8-14-25)27-18-20-31-29(22-27)28-21-24(23-11-5-2-6-12-23)17-19-30(28)33(31)26-15-9-4-10-16-26;1-17(2)16-25-22-12-8-7-11-20(22)21-15-19(13-14-23(21)25)24(3)18-9-5-4-6-10-18/h2-24H,1H3;2-22H,1H3;4-15,17H,16H2,1-3H3. The molecule has 17 rings (SSSR count). The molecule has 17 aromatic rings. The van der Waals surface area contributed by atoms with Crippen molar-refractivity contribution in [3.05, 3.63) is 340 Å². The van der Waals surface area contributed by atoms with Gasteiger partial charge in [-0.05, 0) is 185 Å². The molecular formula is C89H74N6. The quantitative estimate of drug-likeness (QED) is 0.122. The fourth-order valence-electron chi connectivity index (χ4n) is 13.8. The molecule has 0 amide bonds. The third-order valence-electron chi connectivity index (χ3n) is 18.6. The molecule has 0 spiro atoms. The first-order chi connectivity index (χ1) is 46.7. The lowest BCUT2D eigenvalue weighted by Crippen LogP contribution is -2.09. The summed E-state index contributed by atoms with van der Waals surface area (Å²) < 4.78 is 7.21. The Morgan fingerprint density at radius 3 is 1.08 bits per heavy atom. The van der Waals surface area contributed by atoms with E-state index in [2.05, 4.69) is 403 Å². The van der Waals surface area contributed by atoms with Gasteiger partial charge in [-0.3, -0.25) is 0 Å². The van der Waals surface area contributed by atoms with Crippen LogP contribution in [0.25, 0.3) is 110 Å². The number of rotatable bonds is 12. The molecule has 14 aromatic carbocycles. The second-order valence-corrected chi connectivity index (χ2v) is 25.0. The van der Waals surface area contributed by atoms with Gasteiger partial charge in [0.05, 0.1) is 22.1 Å². The van der Waals surface area contributed by atoms with E-state index in [1.807, 2.05) is 0 Å². The summed E-state index contributed by atoms with van der Waals surface area (Å²) >= 11 is 0. The molecule has 6 nitrogen and oxygen atoms in total.